The molecule has 1 heterocycles. The lowest BCUT2D eigenvalue weighted by Gasteiger charge is -2.18. The molecule has 5 nitrogen and oxygen atoms in total. The number of ether oxygens (including phenoxy) is 1. The van der Waals surface area contributed by atoms with E-state index < -0.39 is 23.6 Å². The van der Waals surface area contributed by atoms with Gasteiger partial charge in [-0.3, -0.25) is 9.59 Å². The monoisotopic (exact) mass is 295 g/mol. The van der Waals surface area contributed by atoms with Crippen LogP contribution in [0.3, 0.4) is 0 Å². The first kappa shape index (κ1) is 15.3. The third-order valence-corrected chi connectivity index (χ3v) is 3.70. The fraction of sp³-hybridized carbons (Fsp3) is 0.467. The first-order valence-electron chi connectivity index (χ1n) is 6.89. The van der Waals surface area contributed by atoms with Crippen molar-refractivity contribution in [3.8, 4) is 5.75 Å². The van der Waals surface area contributed by atoms with Crippen molar-refractivity contribution in [2.24, 2.45) is 11.8 Å². The highest BCUT2D eigenvalue weighted by atomic mass is 19.1. The molecule has 1 aliphatic rings. The summed E-state index contributed by atoms with van der Waals surface area (Å²) in [6, 6.07) is 4.17. The number of benzene rings is 1. The Morgan fingerprint density at radius 2 is 2.14 bits per heavy atom. The highest BCUT2D eigenvalue weighted by Gasteiger charge is 2.38. The van der Waals surface area contributed by atoms with Crippen LogP contribution in [0, 0.1) is 17.7 Å². The van der Waals surface area contributed by atoms with Crippen molar-refractivity contribution in [1.29, 1.82) is 0 Å². The van der Waals surface area contributed by atoms with Gasteiger partial charge in [0.2, 0.25) is 0 Å². The van der Waals surface area contributed by atoms with E-state index in [1.54, 1.807) is 13.8 Å². The molecule has 0 aliphatic carbocycles. The van der Waals surface area contributed by atoms with Gasteiger partial charge in [-0.05, 0) is 25.0 Å². The molecule has 6 heteroatoms. The molecule has 114 valence electrons. The van der Waals surface area contributed by atoms with E-state index in [1.165, 1.54) is 23.1 Å². The van der Waals surface area contributed by atoms with E-state index in [0.717, 1.165) is 0 Å². The van der Waals surface area contributed by atoms with Gasteiger partial charge in [0.1, 0.15) is 0 Å². The van der Waals surface area contributed by atoms with Crippen LogP contribution in [0.5, 0.6) is 5.75 Å². The number of carboxylic acids is 1. The summed E-state index contributed by atoms with van der Waals surface area (Å²) in [5.41, 5.74) is 0.134. The number of carbonyl (C=O) groups excluding carboxylic acids is 1. The van der Waals surface area contributed by atoms with E-state index in [2.05, 4.69) is 0 Å². The van der Waals surface area contributed by atoms with Crippen LogP contribution in [0.15, 0.2) is 18.2 Å². The Labute approximate surface area is 122 Å². The number of likely N-dealkylation sites (tertiary alicyclic amines) is 1. The van der Waals surface area contributed by atoms with Crippen molar-refractivity contribution in [1.82, 2.24) is 4.90 Å². The number of carboxylic acid groups (broad SMARTS) is 1. The van der Waals surface area contributed by atoms with Crippen molar-refractivity contribution in [3.05, 3.63) is 29.6 Å². The van der Waals surface area contributed by atoms with Crippen LogP contribution in [0.25, 0.3) is 0 Å². The fourth-order valence-corrected chi connectivity index (χ4v) is 2.59. The Balaban J connectivity index is 2.25. The number of nitrogens with zero attached hydrogens (tertiary/aromatic N) is 1. The van der Waals surface area contributed by atoms with Gasteiger partial charge in [-0.1, -0.05) is 13.0 Å². The molecule has 2 rings (SSSR count). The molecule has 1 aromatic carbocycles. The number of para-hydroxylation sites is 1. The van der Waals surface area contributed by atoms with Gasteiger partial charge >= 0.3 is 5.97 Å². The molecule has 1 aromatic rings. The summed E-state index contributed by atoms with van der Waals surface area (Å²) in [5.74, 6) is -2.69. The zero-order chi connectivity index (χ0) is 15.6. The standard InChI is InChI=1S/C15H18FNO4/c1-3-21-13-10(5-4-6-12(13)16)14(18)17-7-9(2)11(8-17)15(19)20/h4-6,9,11H,3,7-8H2,1-2H3,(H,19,20)/t9-,11-/m1/s1. The molecule has 0 unspecified atom stereocenters. The number of amides is 1. The molecular weight excluding hydrogens is 277 g/mol. The van der Waals surface area contributed by atoms with Crippen molar-refractivity contribution in [3.63, 3.8) is 0 Å². The van der Waals surface area contributed by atoms with Crippen molar-refractivity contribution in [2.75, 3.05) is 19.7 Å². The highest BCUT2D eigenvalue weighted by molar-refractivity contribution is 5.97. The maximum Gasteiger partial charge on any atom is 0.308 e. The van der Waals surface area contributed by atoms with Crippen LogP contribution in [-0.2, 0) is 4.79 Å². The number of rotatable bonds is 4. The van der Waals surface area contributed by atoms with Gasteiger partial charge in [0.05, 0.1) is 18.1 Å². The van der Waals surface area contributed by atoms with Gasteiger partial charge < -0.3 is 14.7 Å². The van der Waals surface area contributed by atoms with E-state index in [1.807, 2.05) is 0 Å². The SMILES string of the molecule is CCOc1c(F)cccc1C(=O)N1C[C@@H](C)[C@H](C(=O)O)C1. The van der Waals surface area contributed by atoms with Crippen LogP contribution < -0.4 is 4.74 Å². The molecule has 0 spiro atoms. The molecular formula is C15H18FNO4. The summed E-state index contributed by atoms with van der Waals surface area (Å²) in [5, 5.41) is 9.11. The summed E-state index contributed by atoms with van der Waals surface area (Å²) in [6.07, 6.45) is 0. The Morgan fingerprint density at radius 1 is 1.43 bits per heavy atom. The minimum absolute atomic E-state index is 0.0728. The maximum absolute atomic E-state index is 13.8. The number of hydrogen-bond acceptors (Lipinski definition) is 3. The van der Waals surface area contributed by atoms with Gasteiger partial charge in [0, 0.05) is 13.1 Å². The van der Waals surface area contributed by atoms with Crippen LogP contribution in [0.1, 0.15) is 24.2 Å². The normalized spacial score (nSPS) is 21.4. The predicted octanol–water partition coefficient (Wildman–Crippen LogP) is 2.02. The molecule has 0 saturated carbocycles. The predicted molar refractivity (Wildman–Crippen MR) is 73.8 cm³/mol. The van der Waals surface area contributed by atoms with Gasteiger partial charge in [-0.15, -0.1) is 0 Å². The van der Waals surface area contributed by atoms with Crippen molar-refractivity contribution < 1.29 is 23.8 Å². The van der Waals surface area contributed by atoms with Gasteiger partial charge in [-0.2, -0.15) is 0 Å². The number of carbonyl (C=O) groups is 2. The lowest BCUT2D eigenvalue weighted by Crippen LogP contribution is -2.30. The van der Waals surface area contributed by atoms with Crippen LogP contribution >= 0.6 is 0 Å². The summed E-state index contributed by atoms with van der Waals surface area (Å²) in [4.78, 5) is 25.1. The largest absolute Gasteiger partial charge is 0.490 e. The Hall–Kier alpha value is -2.11. The average Bonchev–Trinajstić information content (AvgIpc) is 2.83. The van der Waals surface area contributed by atoms with Crippen LogP contribution in [0.2, 0.25) is 0 Å². The minimum atomic E-state index is -0.915. The molecule has 1 saturated heterocycles. The highest BCUT2D eigenvalue weighted by Crippen LogP contribution is 2.29. The lowest BCUT2D eigenvalue weighted by molar-refractivity contribution is -0.142. The van der Waals surface area contributed by atoms with E-state index in [4.69, 9.17) is 9.84 Å². The smallest absolute Gasteiger partial charge is 0.308 e. The first-order chi connectivity index (χ1) is 9.95. The van der Waals surface area contributed by atoms with Gasteiger partial charge in [0.25, 0.3) is 5.91 Å². The Bertz CT molecular complexity index is 561. The summed E-state index contributed by atoms with van der Waals surface area (Å²) >= 11 is 0. The molecule has 0 radical (unpaired) electrons. The topological polar surface area (TPSA) is 66.8 Å². The third kappa shape index (κ3) is 2.99. The molecule has 0 aromatic heterocycles. The summed E-state index contributed by atoms with van der Waals surface area (Å²) < 4.78 is 19.0. The molecule has 1 fully saturated rings. The zero-order valence-corrected chi connectivity index (χ0v) is 12.0. The second kappa shape index (κ2) is 6.11. The van der Waals surface area contributed by atoms with Crippen LogP contribution in [0.4, 0.5) is 4.39 Å². The Morgan fingerprint density at radius 3 is 2.71 bits per heavy atom. The molecule has 1 amide bonds. The molecule has 21 heavy (non-hydrogen) atoms. The van der Waals surface area contributed by atoms with Crippen molar-refractivity contribution in [2.45, 2.75) is 13.8 Å². The van der Waals surface area contributed by atoms with Gasteiger partial charge in [0.15, 0.2) is 11.6 Å². The zero-order valence-electron chi connectivity index (χ0n) is 12.0. The van der Waals surface area contributed by atoms with Crippen molar-refractivity contribution >= 4 is 11.9 Å². The number of hydrogen-bond donors (Lipinski definition) is 1. The summed E-state index contributed by atoms with van der Waals surface area (Å²) in [7, 11) is 0. The maximum atomic E-state index is 13.8. The van der Waals surface area contributed by atoms with E-state index in [9.17, 15) is 14.0 Å². The molecule has 1 aliphatic heterocycles. The summed E-state index contributed by atoms with van der Waals surface area (Å²) in [6.45, 7) is 4.23. The van der Waals surface area contributed by atoms with E-state index in [0.29, 0.717) is 6.54 Å². The second-order valence-corrected chi connectivity index (χ2v) is 5.18. The average molecular weight is 295 g/mol. The minimum Gasteiger partial charge on any atom is -0.490 e. The molecule has 0 bridgehead atoms. The number of aliphatic carboxylic acids is 1. The lowest BCUT2D eigenvalue weighted by atomic mass is 9.99. The number of halogens is 1. The fourth-order valence-electron chi connectivity index (χ4n) is 2.59. The van der Waals surface area contributed by atoms with Crippen LogP contribution in [-0.4, -0.2) is 41.6 Å². The van der Waals surface area contributed by atoms with E-state index in [-0.39, 0.29) is 30.4 Å². The first-order valence-corrected chi connectivity index (χ1v) is 6.89. The Kier molecular flexibility index (Phi) is 4.45. The van der Waals surface area contributed by atoms with Gasteiger partial charge in [-0.25, -0.2) is 4.39 Å². The molecule has 1 N–H and O–H groups in total. The third-order valence-electron chi connectivity index (χ3n) is 3.70. The second-order valence-electron chi connectivity index (χ2n) is 5.18. The molecule has 2 atom stereocenters. The quantitative estimate of drug-likeness (QED) is 0.923. The van der Waals surface area contributed by atoms with E-state index >= 15 is 0 Å².